The van der Waals surface area contributed by atoms with Crippen molar-refractivity contribution < 1.29 is 5.11 Å². The third-order valence-electron chi connectivity index (χ3n) is 9.11. The van der Waals surface area contributed by atoms with Gasteiger partial charge in [-0.3, -0.25) is 0 Å². The van der Waals surface area contributed by atoms with E-state index in [1.807, 2.05) is 11.8 Å². The quantitative estimate of drug-likeness (QED) is 0.567. The third kappa shape index (κ3) is 2.50. The minimum Gasteiger partial charge on any atom is -0.393 e. The number of rotatable bonds is 1. The second-order valence-corrected chi connectivity index (χ2v) is 11.4. The lowest BCUT2D eigenvalue weighted by Crippen LogP contribution is -2.53. The molecule has 1 aliphatic heterocycles. The predicted octanol–water partition coefficient (Wildman–Crippen LogP) is 5.92. The monoisotopic (exact) mass is 385 g/mol. The van der Waals surface area contributed by atoms with Crippen molar-refractivity contribution in [3.8, 4) is 0 Å². The third-order valence-corrected chi connectivity index (χ3v) is 9.85. The number of hydrogen-bond donors (Lipinski definition) is 1. The van der Waals surface area contributed by atoms with Crippen LogP contribution in [0, 0.1) is 34.5 Å². The molecule has 0 saturated heterocycles. The first kappa shape index (κ1) is 18.4. The lowest BCUT2D eigenvalue weighted by atomic mass is 9.46. The summed E-state index contributed by atoms with van der Waals surface area (Å²) in [6.45, 7) is 9.98. The van der Waals surface area contributed by atoms with Crippen molar-refractivity contribution >= 4 is 11.8 Å². The Morgan fingerprint density at radius 2 is 1.89 bits per heavy atom. The maximum atomic E-state index is 10.3. The Hall–Kier alpha value is -0.670. The molecule has 0 aromatic rings. The summed E-state index contributed by atoms with van der Waals surface area (Å²) in [6.07, 6.45) is 11.9. The molecule has 0 radical (unpaired) electrons. The fourth-order valence-electron chi connectivity index (χ4n) is 7.91. The van der Waals surface area contributed by atoms with E-state index in [9.17, 15) is 5.11 Å². The van der Waals surface area contributed by atoms with Crippen LogP contribution in [0.15, 0.2) is 34.5 Å². The average Bonchev–Trinajstić information content (AvgIpc) is 3.21. The van der Waals surface area contributed by atoms with Gasteiger partial charge in [-0.05, 0) is 79.9 Å². The predicted molar refractivity (Wildman–Crippen MR) is 114 cm³/mol. The van der Waals surface area contributed by atoms with Crippen molar-refractivity contribution in [2.75, 3.05) is 5.88 Å². The molecule has 148 valence electrons. The first-order chi connectivity index (χ1) is 12.8. The Morgan fingerprint density at radius 3 is 2.63 bits per heavy atom. The summed E-state index contributed by atoms with van der Waals surface area (Å²) in [6, 6.07) is 0. The topological polar surface area (TPSA) is 23.5 Å². The smallest absolute Gasteiger partial charge is 0.0720 e. The van der Waals surface area contributed by atoms with E-state index in [2.05, 4.69) is 50.3 Å². The molecule has 5 rings (SSSR count). The number of aliphatic hydroxyl groups is 1. The summed E-state index contributed by atoms with van der Waals surface area (Å²) < 4.78 is 0. The number of hydrogen-bond acceptors (Lipinski definition) is 3. The fraction of sp³-hybridized carbons (Fsp3) is 0.750. The van der Waals surface area contributed by atoms with E-state index in [1.165, 1.54) is 25.7 Å². The maximum absolute atomic E-state index is 10.3. The molecular weight excluding hydrogens is 350 g/mol. The Labute approximate surface area is 169 Å². The summed E-state index contributed by atoms with van der Waals surface area (Å²) in [5.41, 5.74) is 5.54. The summed E-state index contributed by atoms with van der Waals surface area (Å²) in [7, 11) is 0. The molecule has 3 heteroatoms. The summed E-state index contributed by atoms with van der Waals surface area (Å²) >= 11 is 1.92. The van der Waals surface area contributed by atoms with E-state index in [0.717, 1.165) is 36.5 Å². The highest BCUT2D eigenvalue weighted by Crippen LogP contribution is 2.67. The Morgan fingerprint density at radius 1 is 1.11 bits per heavy atom. The highest BCUT2D eigenvalue weighted by Gasteiger charge is 2.59. The second-order valence-electron chi connectivity index (χ2n) is 10.5. The van der Waals surface area contributed by atoms with E-state index in [-0.39, 0.29) is 6.10 Å². The zero-order chi connectivity index (χ0) is 19.0. The van der Waals surface area contributed by atoms with Crippen LogP contribution in [0.2, 0.25) is 0 Å². The van der Waals surface area contributed by atoms with Gasteiger partial charge in [-0.1, -0.05) is 38.0 Å². The van der Waals surface area contributed by atoms with E-state index in [4.69, 9.17) is 0 Å². The summed E-state index contributed by atoms with van der Waals surface area (Å²) in [5.74, 6) is 4.11. The number of nitrogens with zero attached hydrogens (tertiary/aromatic N) is 1. The van der Waals surface area contributed by atoms with Gasteiger partial charge >= 0.3 is 0 Å². The Balaban J connectivity index is 1.52. The first-order valence-corrected chi connectivity index (χ1v) is 12.0. The van der Waals surface area contributed by atoms with Crippen molar-refractivity contribution in [2.45, 2.75) is 72.3 Å². The van der Waals surface area contributed by atoms with Gasteiger partial charge in [0.05, 0.1) is 12.0 Å². The first-order valence-electron chi connectivity index (χ1n) is 11.0. The van der Waals surface area contributed by atoms with Crippen LogP contribution in [-0.4, -0.2) is 22.0 Å². The average molecular weight is 386 g/mol. The zero-order valence-corrected chi connectivity index (χ0v) is 18.2. The standard InChI is InChI=1S/C24H35NOS/c1-15-11-17-13-18(26)5-7-23(17,3)19-6-8-24(4)20(21(15)19)12-16(2)22(24)25-9-10-27-14-25/h9-11,15,18-21,26H,5-8,12-14H2,1-4H3/t15?,18?,19-,20+,21-,23+,24+/m1/s1. The highest BCUT2D eigenvalue weighted by molar-refractivity contribution is 8.02. The number of allylic oxidation sites excluding steroid dienone is 3. The summed E-state index contributed by atoms with van der Waals surface area (Å²) in [5, 5.41) is 12.5. The molecule has 27 heavy (non-hydrogen) atoms. The van der Waals surface area contributed by atoms with E-state index >= 15 is 0 Å². The largest absolute Gasteiger partial charge is 0.393 e. The van der Waals surface area contributed by atoms with Crippen LogP contribution in [0.4, 0.5) is 0 Å². The van der Waals surface area contributed by atoms with Crippen molar-refractivity contribution in [1.29, 1.82) is 0 Å². The van der Waals surface area contributed by atoms with E-state index in [0.29, 0.717) is 16.7 Å². The van der Waals surface area contributed by atoms with E-state index in [1.54, 1.807) is 16.8 Å². The molecule has 2 nitrogen and oxygen atoms in total. The molecule has 4 aliphatic carbocycles. The van der Waals surface area contributed by atoms with Crippen LogP contribution in [0.5, 0.6) is 0 Å². The molecule has 0 aromatic heterocycles. The minimum absolute atomic E-state index is 0.108. The molecule has 2 unspecified atom stereocenters. The zero-order valence-electron chi connectivity index (χ0n) is 17.4. The molecular formula is C24H35NOS. The second kappa shape index (κ2) is 6.16. The molecule has 7 atom stereocenters. The van der Waals surface area contributed by atoms with Gasteiger partial charge in [-0.25, -0.2) is 0 Å². The van der Waals surface area contributed by atoms with Crippen LogP contribution in [0.1, 0.15) is 66.2 Å². The molecule has 2 saturated carbocycles. The number of aliphatic hydroxyl groups excluding tert-OH is 1. The molecule has 5 aliphatic rings. The van der Waals surface area contributed by atoms with Crippen molar-refractivity contribution in [1.82, 2.24) is 4.90 Å². The van der Waals surface area contributed by atoms with Gasteiger partial charge in [-0.15, -0.1) is 11.8 Å². The van der Waals surface area contributed by atoms with Gasteiger partial charge in [0.1, 0.15) is 0 Å². The minimum atomic E-state index is -0.108. The maximum Gasteiger partial charge on any atom is 0.0720 e. The van der Waals surface area contributed by atoms with Crippen LogP contribution in [0.3, 0.4) is 0 Å². The van der Waals surface area contributed by atoms with Crippen molar-refractivity contribution in [2.24, 2.45) is 34.5 Å². The lowest BCUT2D eigenvalue weighted by Gasteiger charge is -2.59. The molecule has 1 N–H and O–H groups in total. The molecule has 0 spiro atoms. The van der Waals surface area contributed by atoms with Crippen LogP contribution in [-0.2, 0) is 0 Å². The molecule has 0 bridgehead atoms. The van der Waals surface area contributed by atoms with Gasteiger partial charge in [0, 0.05) is 17.3 Å². The molecule has 1 heterocycles. The van der Waals surface area contributed by atoms with Gasteiger partial charge < -0.3 is 10.0 Å². The molecule has 0 aromatic carbocycles. The highest BCUT2D eigenvalue weighted by atomic mass is 32.2. The van der Waals surface area contributed by atoms with Crippen LogP contribution in [0.25, 0.3) is 0 Å². The Bertz CT molecular complexity index is 739. The normalized spacial score (nSPS) is 49.0. The van der Waals surface area contributed by atoms with Crippen molar-refractivity contribution in [3.63, 3.8) is 0 Å². The van der Waals surface area contributed by atoms with Gasteiger partial charge in [0.2, 0.25) is 0 Å². The molecule has 2 fully saturated rings. The molecule has 0 amide bonds. The van der Waals surface area contributed by atoms with E-state index < -0.39 is 0 Å². The summed E-state index contributed by atoms with van der Waals surface area (Å²) in [4.78, 5) is 2.55. The lowest BCUT2D eigenvalue weighted by molar-refractivity contribution is -0.0521. The number of thioether (sulfide) groups is 1. The van der Waals surface area contributed by atoms with Gasteiger partial charge in [-0.2, -0.15) is 0 Å². The van der Waals surface area contributed by atoms with Crippen LogP contribution >= 0.6 is 11.8 Å². The fourth-order valence-corrected chi connectivity index (χ4v) is 8.60. The SMILES string of the molecule is CC1=C(N2C=CSC2)[C@@]2(C)CC[C@@H]3[C@@H](C(C)C=C4CC(O)CC[C@@]43C)[C@@H]2C1. The number of fused-ring (bicyclic) bond motifs is 5. The van der Waals surface area contributed by atoms with Gasteiger partial charge in [0.25, 0.3) is 0 Å². The van der Waals surface area contributed by atoms with Crippen LogP contribution < -0.4 is 0 Å². The van der Waals surface area contributed by atoms with Gasteiger partial charge in [0.15, 0.2) is 0 Å². The van der Waals surface area contributed by atoms with Crippen molar-refractivity contribution in [3.05, 3.63) is 34.5 Å². The Kier molecular flexibility index (Phi) is 4.19.